The first-order valence-electron chi connectivity index (χ1n) is 10.2. The predicted molar refractivity (Wildman–Crippen MR) is 118 cm³/mol. The maximum Gasteiger partial charge on any atom is 0.418 e. The Bertz CT molecular complexity index is 948. The summed E-state index contributed by atoms with van der Waals surface area (Å²) in [5.41, 5.74) is 1.41. The van der Waals surface area contributed by atoms with Gasteiger partial charge in [0, 0.05) is 36.6 Å². The summed E-state index contributed by atoms with van der Waals surface area (Å²) in [5, 5.41) is 14.2. The lowest BCUT2D eigenvalue weighted by molar-refractivity contribution is -0.222. The second-order valence-corrected chi connectivity index (χ2v) is 7.42. The van der Waals surface area contributed by atoms with Crippen LogP contribution in [0.2, 0.25) is 0 Å². The van der Waals surface area contributed by atoms with Crippen molar-refractivity contribution in [1.82, 2.24) is 0 Å². The van der Waals surface area contributed by atoms with E-state index >= 15 is 0 Å². The summed E-state index contributed by atoms with van der Waals surface area (Å²) in [6.45, 7) is 3.15. The number of urea groups is 1. The highest BCUT2D eigenvalue weighted by molar-refractivity contribution is 6.00. The van der Waals surface area contributed by atoms with Crippen molar-refractivity contribution in [3.63, 3.8) is 0 Å². The van der Waals surface area contributed by atoms with Gasteiger partial charge in [0.05, 0.1) is 13.0 Å². The van der Waals surface area contributed by atoms with E-state index in [0.717, 1.165) is 5.56 Å². The summed E-state index contributed by atoms with van der Waals surface area (Å²) in [6.07, 6.45) is -7.29. The van der Waals surface area contributed by atoms with Crippen molar-refractivity contribution in [3.05, 3.63) is 59.2 Å². The first-order chi connectivity index (χ1) is 15.5. The molecule has 0 aliphatic carbocycles. The molecule has 0 fully saturated rings. The highest BCUT2D eigenvalue weighted by atomic mass is 19.4. The third-order valence-corrected chi connectivity index (χ3v) is 4.81. The van der Waals surface area contributed by atoms with Gasteiger partial charge in [-0.05, 0) is 37.6 Å². The normalized spacial score (nSPS) is 13.3. The summed E-state index contributed by atoms with van der Waals surface area (Å²) in [5.74, 6) is -1.71. The summed E-state index contributed by atoms with van der Waals surface area (Å²) in [4.78, 5) is 23.8. The number of alkyl halides is 3. The van der Waals surface area contributed by atoms with Crippen LogP contribution in [0.5, 0.6) is 0 Å². The molecule has 1 unspecified atom stereocenters. The number of methoxy groups -OCH3 is 1. The Labute approximate surface area is 189 Å². The predicted octanol–water partition coefficient (Wildman–Crippen LogP) is 5.48. The van der Waals surface area contributed by atoms with Crippen LogP contribution < -0.4 is 10.6 Å². The second-order valence-electron chi connectivity index (χ2n) is 7.42. The molecule has 2 rings (SSSR count). The summed E-state index contributed by atoms with van der Waals surface area (Å²) in [7, 11) is 1.40. The molecule has 180 valence electrons. The fourth-order valence-electron chi connectivity index (χ4n) is 3.30. The topological polar surface area (TPSA) is 96.9 Å². The van der Waals surface area contributed by atoms with Gasteiger partial charge in [-0.25, -0.2) is 4.79 Å². The van der Waals surface area contributed by atoms with Gasteiger partial charge in [0.25, 0.3) is 0 Å². The first kappa shape index (κ1) is 26.1. The van der Waals surface area contributed by atoms with E-state index < -0.39 is 30.2 Å². The minimum Gasteiger partial charge on any atom is -0.481 e. The molecule has 0 saturated heterocycles. The molecule has 0 bridgehead atoms. The van der Waals surface area contributed by atoms with Gasteiger partial charge in [-0.3, -0.25) is 4.79 Å². The highest BCUT2D eigenvalue weighted by Gasteiger charge is 2.43. The van der Waals surface area contributed by atoms with Crippen LogP contribution in [0, 0.1) is 6.92 Å². The number of anilines is 2. The molecule has 2 aromatic carbocycles. The molecule has 2 amide bonds. The fraction of sp³-hybridized carbons (Fsp3) is 0.391. The van der Waals surface area contributed by atoms with Crippen LogP contribution in [-0.4, -0.2) is 43.6 Å². The van der Waals surface area contributed by atoms with Crippen molar-refractivity contribution in [2.75, 3.05) is 31.0 Å². The molecule has 0 spiro atoms. The van der Waals surface area contributed by atoms with Gasteiger partial charge in [0.2, 0.25) is 0 Å². The number of halogens is 3. The number of benzene rings is 2. The van der Waals surface area contributed by atoms with Gasteiger partial charge in [-0.15, -0.1) is 0 Å². The Balaban J connectivity index is 2.45. The lowest BCUT2D eigenvalue weighted by atomic mass is 9.93. The summed E-state index contributed by atoms with van der Waals surface area (Å²) < 4.78 is 51.1. The van der Waals surface area contributed by atoms with Crippen LogP contribution in [0.1, 0.15) is 42.1 Å². The molecule has 7 nitrogen and oxygen atoms in total. The molecule has 2 aromatic rings. The number of nitrogens with one attached hydrogen (secondary N) is 2. The molecule has 33 heavy (non-hydrogen) atoms. The van der Waals surface area contributed by atoms with Gasteiger partial charge < -0.3 is 25.2 Å². The monoisotopic (exact) mass is 468 g/mol. The van der Waals surface area contributed by atoms with Crippen LogP contribution >= 0.6 is 0 Å². The Morgan fingerprint density at radius 2 is 1.76 bits per heavy atom. The maximum absolute atomic E-state index is 13.7. The van der Waals surface area contributed by atoms with E-state index in [-0.39, 0.29) is 30.9 Å². The fourth-order valence-corrected chi connectivity index (χ4v) is 3.30. The maximum atomic E-state index is 13.7. The molecule has 2 atom stereocenters. The van der Waals surface area contributed by atoms with E-state index in [1.54, 1.807) is 24.3 Å². The average molecular weight is 468 g/mol. The van der Waals surface area contributed by atoms with E-state index in [2.05, 4.69) is 10.6 Å². The number of carboxylic acids is 1. The number of rotatable bonds is 10. The number of hydrogen-bond acceptors (Lipinski definition) is 4. The van der Waals surface area contributed by atoms with E-state index in [9.17, 15) is 27.9 Å². The molecule has 0 saturated carbocycles. The molecular formula is C23H27F3N2O5. The standard InChI is InChI=1S/C23H27F3N2O5/c1-4-33-21(23(24,25)26)18-10-7-15(16(13-32-3)12-20(29)30)11-19(18)28-22(31)27-17-8-5-14(2)6-9-17/h5-11,16,21H,4,12-13H2,1-3H3,(H,29,30)(H2,27,28,31)/t16?,21-/m1/s1. The van der Waals surface area contributed by atoms with Crippen molar-refractivity contribution < 1.29 is 37.3 Å². The van der Waals surface area contributed by atoms with Crippen molar-refractivity contribution in [1.29, 1.82) is 0 Å². The number of aliphatic carboxylic acids is 1. The average Bonchev–Trinajstić information content (AvgIpc) is 2.72. The smallest absolute Gasteiger partial charge is 0.418 e. The number of carbonyl (C=O) groups excluding carboxylic acids is 1. The molecule has 10 heteroatoms. The second kappa shape index (κ2) is 11.7. The first-order valence-corrected chi connectivity index (χ1v) is 10.2. The number of ether oxygens (including phenoxy) is 2. The highest BCUT2D eigenvalue weighted by Crippen LogP contribution is 2.40. The molecule has 0 aliphatic heterocycles. The van der Waals surface area contributed by atoms with Crippen LogP contribution in [-0.2, 0) is 14.3 Å². The number of carbonyl (C=O) groups is 2. The van der Waals surface area contributed by atoms with Gasteiger partial charge in [0.1, 0.15) is 0 Å². The molecule has 0 aliphatic rings. The Morgan fingerprint density at radius 3 is 2.30 bits per heavy atom. The van der Waals surface area contributed by atoms with Crippen molar-refractivity contribution in [2.24, 2.45) is 0 Å². The zero-order chi connectivity index (χ0) is 24.6. The summed E-state index contributed by atoms with van der Waals surface area (Å²) >= 11 is 0. The Morgan fingerprint density at radius 1 is 1.09 bits per heavy atom. The van der Waals surface area contributed by atoms with E-state index in [1.165, 1.54) is 32.2 Å². The van der Waals surface area contributed by atoms with Crippen molar-refractivity contribution in [2.45, 2.75) is 38.5 Å². The Hall–Kier alpha value is -3.11. The third kappa shape index (κ3) is 7.76. The van der Waals surface area contributed by atoms with E-state index in [4.69, 9.17) is 9.47 Å². The molecular weight excluding hydrogens is 441 g/mol. The molecule has 3 N–H and O–H groups in total. The van der Waals surface area contributed by atoms with Gasteiger partial charge in [-0.1, -0.05) is 29.8 Å². The van der Waals surface area contributed by atoms with Gasteiger partial charge in [-0.2, -0.15) is 13.2 Å². The van der Waals surface area contributed by atoms with Crippen LogP contribution in [0.25, 0.3) is 0 Å². The lowest BCUT2D eigenvalue weighted by Gasteiger charge is -2.25. The zero-order valence-electron chi connectivity index (χ0n) is 18.5. The van der Waals surface area contributed by atoms with E-state index in [0.29, 0.717) is 11.3 Å². The number of amides is 2. The quantitative estimate of drug-likeness (QED) is 0.429. The number of hydrogen-bond donors (Lipinski definition) is 3. The van der Waals surface area contributed by atoms with Crippen LogP contribution in [0.3, 0.4) is 0 Å². The number of aryl methyl sites for hydroxylation is 1. The van der Waals surface area contributed by atoms with Gasteiger partial charge in [0.15, 0.2) is 6.10 Å². The molecule has 0 aromatic heterocycles. The van der Waals surface area contributed by atoms with Crippen LogP contribution in [0.4, 0.5) is 29.3 Å². The Kier molecular flexibility index (Phi) is 9.24. The SMILES string of the molecule is CCO[C@H](c1ccc(C(COC)CC(=O)O)cc1NC(=O)Nc1ccc(C)cc1)C(F)(F)F. The minimum atomic E-state index is -4.73. The minimum absolute atomic E-state index is 0.0365. The van der Waals surface area contributed by atoms with Crippen molar-refractivity contribution >= 4 is 23.4 Å². The largest absolute Gasteiger partial charge is 0.481 e. The zero-order valence-corrected chi connectivity index (χ0v) is 18.5. The van der Waals surface area contributed by atoms with Gasteiger partial charge >= 0.3 is 18.2 Å². The van der Waals surface area contributed by atoms with Crippen molar-refractivity contribution in [3.8, 4) is 0 Å². The third-order valence-electron chi connectivity index (χ3n) is 4.81. The number of carboxylic acid groups (broad SMARTS) is 1. The molecule has 0 heterocycles. The summed E-state index contributed by atoms with van der Waals surface area (Å²) in [6, 6.07) is 10.0. The lowest BCUT2D eigenvalue weighted by Crippen LogP contribution is -2.27. The molecule has 0 radical (unpaired) electrons. The van der Waals surface area contributed by atoms with E-state index in [1.807, 2.05) is 6.92 Å². The van der Waals surface area contributed by atoms with Crippen LogP contribution in [0.15, 0.2) is 42.5 Å².